The Balaban J connectivity index is 1.64. The van der Waals surface area contributed by atoms with Gasteiger partial charge in [-0.25, -0.2) is 9.37 Å². The highest BCUT2D eigenvalue weighted by atomic mass is 19.1. The lowest BCUT2D eigenvalue weighted by Gasteiger charge is -2.10. The van der Waals surface area contributed by atoms with Crippen molar-refractivity contribution in [1.29, 1.82) is 0 Å². The molecule has 0 amide bonds. The number of hydrogen-bond donors (Lipinski definition) is 0. The monoisotopic (exact) mass is 392 g/mol. The first-order valence-corrected chi connectivity index (χ1v) is 9.26. The van der Waals surface area contributed by atoms with Crippen molar-refractivity contribution >= 4 is 11.0 Å². The van der Waals surface area contributed by atoms with E-state index in [4.69, 9.17) is 14.5 Å². The lowest BCUT2D eigenvalue weighted by Crippen LogP contribution is -2.00. The predicted molar refractivity (Wildman–Crippen MR) is 109 cm³/mol. The first kappa shape index (κ1) is 18.9. The van der Waals surface area contributed by atoms with Crippen LogP contribution in [0.4, 0.5) is 4.39 Å². The molecule has 7 heteroatoms. The molecule has 6 nitrogen and oxygen atoms in total. The van der Waals surface area contributed by atoms with Crippen molar-refractivity contribution in [2.24, 2.45) is 7.05 Å². The predicted octanol–water partition coefficient (Wildman–Crippen LogP) is 3.98. The van der Waals surface area contributed by atoms with Crippen LogP contribution in [0, 0.1) is 0 Å². The summed E-state index contributed by atoms with van der Waals surface area (Å²) in [6.45, 7) is -0.509. The van der Waals surface area contributed by atoms with Crippen LogP contribution in [0.2, 0.25) is 0 Å². The number of alkyl halides is 1. The van der Waals surface area contributed by atoms with Crippen LogP contribution in [0.3, 0.4) is 0 Å². The van der Waals surface area contributed by atoms with Gasteiger partial charge in [0.2, 0.25) is 0 Å². The minimum absolute atomic E-state index is 0.0231. The summed E-state index contributed by atoms with van der Waals surface area (Å²) >= 11 is 0. The van der Waals surface area contributed by atoms with Crippen molar-refractivity contribution in [2.75, 3.05) is 20.4 Å². The minimum Gasteiger partial charge on any atom is -0.497 e. The standard InChI is InChI=1S/C22H21FN4O2/c1-27-14-17(12-25-27)22-13-24-20-4-3-15(10-21(20)26-22)7-16-8-18(28-2)11-19(9-16)29-6-5-23/h3-4,8-14H,5-7H2,1-2H3. The van der Waals surface area contributed by atoms with Crippen molar-refractivity contribution in [2.45, 2.75) is 6.42 Å². The molecule has 4 aromatic rings. The third-order valence-electron chi connectivity index (χ3n) is 4.54. The molecule has 0 aliphatic rings. The van der Waals surface area contributed by atoms with Crippen LogP contribution in [0.1, 0.15) is 11.1 Å². The fourth-order valence-corrected chi connectivity index (χ4v) is 3.19. The van der Waals surface area contributed by atoms with E-state index in [0.29, 0.717) is 17.9 Å². The Labute approximate surface area is 167 Å². The third kappa shape index (κ3) is 4.34. The van der Waals surface area contributed by atoms with Gasteiger partial charge in [0.25, 0.3) is 0 Å². The van der Waals surface area contributed by atoms with Gasteiger partial charge in [-0.05, 0) is 41.8 Å². The first-order valence-electron chi connectivity index (χ1n) is 9.26. The zero-order valence-electron chi connectivity index (χ0n) is 16.3. The Kier molecular flexibility index (Phi) is 5.37. The summed E-state index contributed by atoms with van der Waals surface area (Å²) in [5, 5.41) is 4.19. The van der Waals surface area contributed by atoms with E-state index >= 15 is 0 Å². The van der Waals surface area contributed by atoms with Gasteiger partial charge < -0.3 is 9.47 Å². The Bertz CT molecular complexity index is 1140. The Morgan fingerprint density at radius 2 is 1.86 bits per heavy atom. The number of aromatic nitrogens is 4. The maximum atomic E-state index is 12.4. The summed E-state index contributed by atoms with van der Waals surface area (Å²) in [7, 11) is 3.47. The van der Waals surface area contributed by atoms with E-state index in [-0.39, 0.29) is 6.61 Å². The van der Waals surface area contributed by atoms with Crippen LogP contribution < -0.4 is 9.47 Å². The smallest absolute Gasteiger partial charge is 0.123 e. The molecule has 0 fully saturated rings. The van der Waals surface area contributed by atoms with Crippen molar-refractivity contribution in [3.05, 3.63) is 66.1 Å². The van der Waals surface area contributed by atoms with E-state index in [1.807, 2.05) is 43.6 Å². The van der Waals surface area contributed by atoms with Crippen LogP contribution in [0.15, 0.2) is 55.0 Å². The molecule has 0 N–H and O–H groups in total. The van der Waals surface area contributed by atoms with Crippen LogP contribution >= 0.6 is 0 Å². The van der Waals surface area contributed by atoms with Crippen LogP contribution in [0.25, 0.3) is 22.3 Å². The number of rotatable bonds is 7. The summed E-state index contributed by atoms with van der Waals surface area (Å²) in [5.41, 5.74) is 5.45. The molecular formula is C22H21FN4O2. The number of benzene rings is 2. The topological polar surface area (TPSA) is 62.1 Å². The van der Waals surface area contributed by atoms with Crippen molar-refractivity contribution in [1.82, 2.24) is 19.7 Å². The van der Waals surface area contributed by atoms with E-state index in [2.05, 4.69) is 10.1 Å². The highest BCUT2D eigenvalue weighted by molar-refractivity contribution is 5.77. The zero-order valence-corrected chi connectivity index (χ0v) is 16.3. The first-order chi connectivity index (χ1) is 14.1. The minimum atomic E-state index is -0.533. The largest absolute Gasteiger partial charge is 0.497 e. The summed E-state index contributed by atoms with van der Waals surface area (Å²) in [6.07, 6.45) is 6.11. The van der Waals surface area contributed by atoms with Crippen LogP contribution in [-0.2, 0) is 13.5 Å². The molecule has 2 aromatic carbocycles. The van der Waals surface area contributed by atoms with Gasteiger partial charge in [0.1, 0.15) is 24.8 Å². The number of nitrogens with zero attached hydrogens (tertiary/aromatic N) is 4. The molecule has 0 saturated carbocycles. The molecule has 4 rings (SSSR count). The second-order valence-corrected chi connectivity index (χ2v) is 6.71. The normalized spacial score (nSPS) is 11.0. The van der Waals surface area contributed by atoms with E-state index in [1.54, 1.807) is 30.3 Å². The average molecular weight is 392 g/mol. The van der Waals surface area contributed by atoms with E-state index < -0.39 is 6.67 Å². The SMILES string of the molecule is COc1cc(Cc2ccc3ncc(-c4cnn(C)c4)nc3c2)cc(OCCF)c1. The van der Waals surface area contributed by atoms with Crippen LogP contribution in [-0.4, -0.2) is 40.1 Å². The van der Waals surface area contributed by atoms with Crippen molar-refractivity contribution in [3.63, 3.8) is 0 Å². The number of halogens is 1. The highest BCUT2D eigenvalue weighted by Gasteiger charge is 2.08. The van der Waals surface area contributed by atoms with Gasteiger partial charge in [-0.3, -0.25) is 9.67 Å². The molecule has 29 heavy (non-hydrogen) atoms. The fourth-order valence-electron chi connectivity index (χ4n) is 3.19. The van der Waals surface area contributed by atoms with Gasteiger partial charge in [0, 0.05) is 24.9 Å². The third-order valence-corrected chi connectivity index (χ3v) is 4.54. The Morgan fingerprint density at radius 3 is 2.62 bits per heavy atom. The van der Waals surface area contributed by atoms with Gasteiger partial charge in [-0.1, -0.05) is 6.07 Å². The highest BCUT2D eigenvalue weighted by Crippen LogP contribution is 2.26. The second-order valence-electron chi connectivity index (χ2n) is 6.71. The van der Waals surface area contributed by atoms with E-state index in [9.17, 15) is 4.39 Å². The Morgan fingerprint density at radius 1 is 1.00 bits per heavy atom. The molecule has 2 aromatic heterocycles. The fraction of sp³-hybridized carbons (Fsp3) is 0.227. The van der Waals surface area contributed by atoms with Gasteiger partial charge >= 0.3 is 0 Å². The average Bonchev–Trinajstić information content (AvgIpc) is 3.18. The molecule has 2 heterocycles. The van der Waals surface area contributed by atoms with Gasteiger partial charge in [0.15, 0.2) is 0 Å². The number of methoxy groups -OCH3 is 1. The quantitative estimate of drug-likeness (QED) is 0.476. The molecule has 148 valence electrons. The number of aryl methyl sites for hydroxylation is 1. The summed E-state index contributed by atoms with van der Waals surface area (Å²) < 4.78 is 25.0. The summed E-state index contributed by atoms with van der Waals surface area (Å²) in [4.78, 5) is 9.26. The van der Waals surface area contributed by atoms with Crippen molar-refractivity contribution < 1.29 is 13.9 Å². The maximum Gasteiger partial charge on any atom is 0.123 e. The van der Waals surface area contributed by atoms with E-state index in [0.717, 1.165) is 33.4 Å². The molecule has 0 spiro atoms. The molecule has 0 radical (unpaired) electrons. The van der Waals surface area contributed by atoms with Gasteiger partial charge in [-0.2, -0.15) is 5.10 Å². The second kappa shape index (κ2) is 8.26. The molecular weight excluding hydrogens is 371 g/mol. The molecule has 0 atom stereocenters. The summed E-state index contributed by atoms with van der Waals surface area (Å²) in [5.74, 6) is 1.27. The van der Waals surface area contributed by atoms with Crippen molar-refractivity contribution in [3.8, 4) is 22.8 Å². The van der Waals surface area contributed by atoms with Crippen LogP contribution in [0.5, 0.6) is 11.5 Å². The zero-order chi connectivity index (χ0) is 20.2. The maximum absolute atomic E-state index is 12.4. The molecule has 0 unspecified atom stereocenters. The summed E-state index contributed by atoms with van der Waals surface area (Å²) in [6, 6.07) is 11.6. The number of ether oxygens (including phenoxy) is 2. The number of fused-ring (bicyclic) bond motifs is 1. The molecule has 0 saturated heterocycles. The number of hydrogen-bond acceptors (Lipinski definition) is 5. The molecule has 0 aliphatic carbocycles. The molecule has 0 aliphatic heterocycles. The lowest BCUT2D eigenvalue weighted by molar-refractivity contribution is 0.271. The molecule has 0 bridgehead atoms. The Hall–Kier alpha value is -3.48. The van der Waals surface area contributed by atoms with Gasteiger partial charge in [-0.15, -0.1) is 0 Å². The van der Waals surface area contributed by atoms with E-state index in [1.165, 1.54) is 0 Å². The lowest BCUT2D eigenvalue weighted by atomic mass is 10.0. The van der Waals surface area contributed by atoms with Gasteiger partial charge in [0.05, 0.1) is 36.2 Å².